The quantitative estimate of drug-likeness (QED) is 0.614. The van der Waals surface area contributed by atoms with Crippen molar-refractivity contribution in [2.75, 3.05) is 5.32 Å². The molecular formula is C19H23N7. The van der Waals surface area contributed by atoms with E-state index in [1.54, 1.807) is 6.33 Å². The predicted octanol–water partition coefficient (Wildman–Crippen LogP) is 3.39. The molecule has 0 aliphatic heterocycles. The normalized spacial score (nSPS) is 12.2. The molecule has 7 heteroatoms. The van der Waals surface area contributed by atoms with Crippen LogP contribution in [0.4, 0.5) is 5.82 Å². The summed E-state index contributed by atoms with van der Waals surface area (Å²) in [6, 6.07) is 6.19. The molecule has 1 N–H and O–H groups in total. The van der Waals surface area contributed by atoms with Gasteiger partial charge in [0.15, 0.2) is 5.65 Å². The lowest BCUT2D eigenvalue weighted by Gasteiger charge is -2.19. The molecule has 7 nitrogen and oxygen atoms in total. The molecule has 0 fully saturated rings. The number of anilines is 1. The summed E-state index contributed by atoms with van der Waals surface area (Å²) in [7, 11) is 2.05. The van der Waals surface area contributed by atoms with E-state index in [4.69, 9.17) is 4.98 Å². The summed E-state index contributed by atoms with van der Waals surface area (Å²) in [5.41, 5.74) is 4.09. The first-order valence-corrected chi connectivity index (χ1v) is 8.70. The van der Waals surface area contributed by atoms with Crippen LogP contribution in [0.1, 0.15) is 32.2 Å². The summed E-state index contributed by atoms with van der Waals surface area (Å²) in [5.74, 6) is 1.73. The Morgan fingerprint density at radius 3 is 2.69 bits per heavy atom. The third kappa shape index (κ3) is 2.60. The van der Waals surface area contributed by atoms with Crippen LogP contribution in [-0.2, 0) is 19.1 Å². The molecule has 3 aromatic heterocycles. The molecule has 0 radical (unpaired) electrons. The molecule has 0 amide bonds. The minimum absolute atomic E-state index is 0.137. The molecule has 3 heterocycles. The summed E-state index contributed by atoms with van der Waals surface area (Å²) in [4.78, 5) is 13.6. The Labute approximate surface area is 152 Å². The Morgan fingerprint density at radius 2 is 1.96 bits per heavy atom. The molecule has 0 bridgehead atoms. The van der Waals surface area contributed by atoms with Gasteiger partial charge in [0.05, 0.1) is 34.7 Å². The van der Waals surface area contributed by atoms with Gasteiger partial charge in [-0.05, 0) is 39.3 Å². The summed E-state index contributed by atoms with van der Waals surface area (Å²) >= 11 is 0. The van der Waals surface area contributed by atoms with Gasteiger partial charge in [0.25, 0.3) is 0 Å². The van der Waals surface area contributed by atoms with Crippen molar-refractivity contribution in [2.45, 2.75) is 39.8 Å². The van der Waals surface area contributed by atoms with Crippen LogP contribution in [0.5, 0.6) is 0 Å². The van der Waals surface area contributed by atoms with Crippen LogP contribution in [0.15, 0.2) is 30.7 Å². The van der Waals surface area contributed by atoms with E-state index in [0.717, 1.165) is 33.7 Å². The van der Waals surface area contributed by atoms with E-state index >= 15 is 0 Å². The summed E-state index contributed by atoms with van der Waals surface area (Å²) in [6.45, 7) is 9.01. The number of aromatic nitrogens is 6. The first-order valence-electron chi connectivity index (χ1n) is 8.70. The average Bonchev–Trinajstić information content (AvgIpc) is 3.15. The summed E-state index contributed by atoms with van der Waals surface area (Å²) < 4.78 is 4.06. The minimum Gasteiger partial charge on any atom is -0.362 e. The van der Waals surface area contributed by atoms with E-state index in [1.807, 2.05) is 30.1 Å². The number of para-hydroxylation sites is 1. The highest BCUT2D eigenvalue weighted by Crippen LogP contribution is 2.25. The van der Waals surface area contributed by atoms with Crippen LogP contribution < -0.4 is 5.32 Å². The maximum absolute atomic E-state index is 4.75. The zero-order chi connectivity index (χ0) is 18.5. The number of imidazole rings is 1. The van der Waals surface area contributed by atoms with Crippen LogP contribution in [0.3, 0.4) is 0 Å². The van der Waals surface area contributed by atoms with Gasteiger partial charge in [0, 0.05) is 7.05 Å². The van der Waals surface area contributed by atoms with Gasteiger partial charge in [-0.1, -0.05) is 12.1 Å². The Kier molecular flexibility index (Phi) is 3.68. The van der Waals surface area contributed by atoms with E-state index in [1.165, 1.54) is 5.56 Å². The van der Waals surface area contributed by atoms with E-state index in [0.29, 0.717) is 6.54 Å². The lowest BCUT2D eigenvalue weighted by Crippen LogP contribution is -2.23. The molecule has 26 heavy (non-hydrogen) atoms. The molecule has 0 saturated carbocycles. The van der Waals surface area contributed by atoms with Crippen molar-refractivity contribution in [2.24, 2.45) is 7.05 Å². The molecule has 0 saturated heterocycles. The fourth-order valence-corrected chi connectivity index (χ4v) is 3.31. The van der Waals surface area contributed by atoms with Gasteiger partial charge in [0.1, 0.15) is 18.0 Å². The molecule has 0 aliphatic carbocycles. The van der Waals surface area contributed by atoms with E-state index in [9.17, 15) is 0 Å². The van der Waals surface area contributed by atoms with Gasteiger partial charge >= 0.3 is 0 Å². The third-order valence-electron chi connectivity index (χ3n) is 4.60. The molecule has 4 aromatic rings. The van der Waals surface area contributed by atoms with Gasteiger partial charge in [-0.15, -0.1) is 0 Å². The lowest BCUT2D eigenvalue weighted by molar-refractivity contribution is 0.366. The van der Waals surface area contributed by atoms with Crippen LogP contribution in [-0.4, -0.2) is 29.3 Å². The number of hydrogen-bond acceptors (Lipinski definition) is 5. The van der Waals surface area contributed by atoms with Crippen LogP contribution in [0, 0.1) is 6.92 Å². The maximum Gasteiger partial charge on any atom is 0.163 e. The molecule has 0 unspecified atom stereocenters. The van der Waals surface area contributed by atoms with Gasteiger partial charge in [-0.2, -0.15) is 5.10 Å². The monoisotopic (exact) mass is 349 g/mol. The van der Waals surface area contributed by atoms with Gasteiger partial charge in [-0.25, -0.2) is 19.6 Å². The number of benzene rings is 1. The first-order chi connectivity index (χ1) is 12.4. The van der Waals surface area contributed by atoms with Crippen molar-refractivity contribution < 1.29 is 0 Å². The van der Waals surface area contributed by atoms with Crippen molar-refractivity contribution in [3.8, 4) is 0 Å². The topological polar surface area (TPSA) is 73.5 Å². The molecule has 134 valence electrons. The lowest BCUT2D eigenvalue weighted by atomic mass is 10.1. The maximum atomic E-state index is 4.75. The van der Waals surface area contributed by atoms with Crippen molar-refractivity contribution in [3.05, 3.63) is 42.1 Å². The van der Waals surface area contributed by atoms with Crippen molar-refractivity contribution >= 4 is 27.9 Å². The minimum atomic E-state index is -0.137. The van der Waals surface area contributed by atoms with Crippen molar-refractivity contribution in [1.82, 2.24) is 29.3 Å². The van der Waals surface area contributed by atoms with E-state index in [-0.39, 0.29) is 5.54 Å². The second-order valence-electron chi connectivity index (χ2n) is 7.57. The van der Waals surface area contributed by atoms with Crippen LogP contribution >= 0.6 is 0 Å². The number of hydrogen-bond donors (Lipinski definition) is 1. The molecule has 0 aliphatic rings. The summed E-state index contributed by atoms with van der Waals surface area (Å²) in [5, 5.41) is 8.82. The zero-order valence-electron chi connectivity index (χ0n) is 15.8. The summed E-state index contributed by atoms with van der Waals surface area (Å²) in [6.07, 6.45) is 3.40. The number of nitrogens with zero attached hydrogens (tertiary/aromatic N) is 6. The zero-order valence-corrected chi connectivity index (χ0v) is 15.8. The first kappa shape index (κ1) is 16.5. The van der Waals surface area contributed by atoms with E-state index in [2.05, 4.69) is 58.7 Å². The second kappa shape index (κ2) is 5.79. The number of aryl methyl sites for hydroxylation is 2. The number of nitrogens with one attached hydrogen (secondary N) is 1. The molecule has 1 aromatic carbocycles. The van der Waals surface area contributed by atoms with Gasteiger partial charge in [-0.3, -0.25) is 0 Å². The SMILES string of the molecule is Cc1cccc2nc(CNc3ncnc4c3cnn4C(C)(C)C)n(C)c12. The Bertz CT molecular complexity index is 1100. The van der Waals surface area contributed by atoms with Gasteiger partial charge < -0.3 is 9.88 Å². The van der Waals surface area contributed by atoms with Crippen LogP contribution in [0.2, 0.25) is 0 Å². The smallest absolute Gasteiger partial charge is 0.163 e. The Hall–Kier alpha value is -2.96. The standard InChI is InChI=1S/C19H23N7/c1-12-7-6-8-14-16(12)25(5)15(24-14)10-20-17-13-9-23-26(19(2,3)4)18(13)22-11-21-17/h6-9,11H,10H2,1-5H3,(H,20,21,22). The average molecular weight is 349 g/mol. The van der Waals surface area contributed by atoms with Crippen molar-refractivity contribution in [1.29, 1.82) is 0 Å². The predicted molar refractivity (Wildman–Crippen MR) is 103 cm³/mol. The molecule has 4 rings (SSSR count). The highest BCUT2D eigenvalue weighted by atomic mass is 15.3. The number of fused-ring (bicyclic) bond motifs is 2. The second-order valence-corrected chi connectivity index (χ2v) is 7.57. The Balaban J connectivity index is 1.68. The van der Waals surface area contributed by atoms with Crippen LogP contribution in [0.25, 0.3) is 22.1 Å². The third-order valence-corrected chi connectivity index (χ3v) is 4.60. The number of rotatable bonds is 3. The van der Waals surface area contributed by atoms with Crippen molar-refractivity contribution in [3.63, 3.8) is 0 Å². The fraction of sp³-hybridized carbons (Fsp3) is 0.368. The largest absolute Gasteiger partial charge is 0.362 e. The van der Waals surface area contributed by atoms with Gasteiger partial charge in [0.2, 0.25) is 0 Å². The molecule has 0 atom stereocenters. The Morgan fingerprint density at radius 1 is 1.15 bits per heavy atom. The highest BCUT2D eigenvalue weighted by Gasteiger charge is 2.19. The highest BCUT2D eigenvalue weighted by molar-refractivity contribution is 5.86. The fourth-order valence-electron chi connectivity index (χ4n) is 3.31. The van der Waals surface area contributed by atoms with E-state index < -0.39 is 0 Å². The molecule has 0 spiro atoms. The molecular weight excluding hydrogens is 326 g/mol.